The van der Waals surface area contributed by atoms with Crippen molar-refractivity contribution in [2.24, 2.45) is 5.90 Å². The molecule has 0 heterocycles. The van der Waals surface area contributed by atoms with E-state index in [4.69, 9.17) is 10.2 Å². The topological polar surface area (TPSA) is 147 Å². The van der Waals surface area contributed by atoms with Gasteiger partial charge in [-0.15, -0.1) is 0 Å². The molecule has 5 N–H and O–H groups in total. The van der Waals surface area contributed by atoms with Gasteiger partial charge >= 0.3 is 47.5 Å². The molecule has 0 amide bonds. The minimum Gasteiger partial charge on any atom is -1.00 e. The fourth-order valence-electron chi connectivity index (χ4n) is 0.744. The quantitative estimate of drug-likeness (QED) is 0.272. The number of aliphatic hydroxyl groups is 1. The third-order valence-corrected chi connectivity index (χ3v) is 1.41. The standard InChI is InChI=1S/C6H9NO7.Na.H/c7-14-4(10)2-6(13,5(11)12)1-3(8)9;;/h13H,1-2,7H2,(H,8,9)(H,11,12);;/q;+1;-1. The van der Waals surface area contributed by atoms with Crippen LogP contribution in [0.25, 0.3) is 0 Å². The maximum absolute atomic E-state index is 10.5. The van der Waals surface area contributed by atoms with E-state index in [0.717, 1.165) is 0 Å². The van der Waals surface area contributed by atoms with Crippen molar-refractivity contribution in [1.82, 2.24) is 0 Å². The van der Waals surface area contributed by atoms with E-state index in [1.807, 2.05) is 0 Å². The smallest absolute Gasteiger partial charge is 1.00 e. The zero-order valence-corrected chi connectivity index (χ0v) is 9.97. The van der Waals surface area contributed by atoms with Crippen LogP contribution in [0.2, 0.25) is 0 Å². The van der Waals surface area contributed by atoms with Crippen LogP contribution >= 0.6 is 0 Å². The van der Waals surface area contributed by atoms with Crippen molar-refractivity contribution < 1.29 is 65.5 Å². The Kier molecular flexibility index (Phi) is 7.53. The molecule has 0 aliphatic heterocycles. The summed E-state index contributed by atoms with van der Waals surface area (Å²) < 4.78 is 0. The summed E-state index contributed by atoms with van der Waals surface area (Å²) in [5.74, 6) is -0.187. The van der Waals surface area contributed by atoms with Crippen molar-refractivity contribution in [1.29, 1.82) is 0 Å². The second-order valence-electron chi connectivity index (χ2n) is 2.57. The molecule has 0 bridgehead atoms. The van der Waals surface area contributed by atoms with Crippen LogP contribution in [0.4, 0.5) is 0 Å². The molecule has 82 valence electrons. The number of carboxylic acid groups (broad SMARTS) is 2. The predicted octanol–water partition coefficient (Wildman–Crippen LogP) is -4.80. The van der Waals surface area contributed by atoms with Crippen LogP contribution in [0.15, 0.2) is 0 Å². The number of aliphatic carboxylic acids is 2. The van der Waals surface area contributed by atoms with Gasteiger partial charge in [0.05, 0.1) is 12.8 Å². The monoisotopic (exact) mass is 231 g/mol. The maximum Gasteiger partial charge on any atom is 1.00 e. The summed E-state index contributed by atoms with van der Waals surface area (Å²) in [6.07, 6.45) is -2.14. The summed E-state index contributed by atoms with van der Waals surface area (Å²) in [6.45, 7) is 0. The van der Waals surface area contributed by atoms with E-state index in [1.165, 1.54) is 0 Å². The largest absolute Gasteiger partial charge is 1.00 e. The van der Waals surface area contributed by atoms with Crippen LogP contribution in [-0.2, 0) is 19.2 Å². The molecule has 1 atom stereocenters. The van der Waals surface area contributed by atoms with Gasteiger partial charge in [0.2, 0.25) is 0 Å². The summed E-state index contributed by atoms with van der Waals surface area (Å²) in [5.41, 5.74) is -2.69. The van der Waals surface area contributed by atoms with E-state index < -0.39 is 36.4 Å². The van der Waals surface area contributed by atoms with Crippen LogP contribution in [0.3, 0.4) is 0 Å². The Labute approximate surface area is 108 Å². The van der Waals surface area contributed by atoms with Crippen molar-refractivity contribution in [3.63, 3.8) is 0 Å². The molecule has 8 nitrogen and oxygen atoms in total. The van der Waals surface area contributed by atoms with Crippen molar-refractivity contribution in [3.05, 3.63) is 0 Å². The number of carbonyl (C=O) groups is 3. The van der Waals surface area contributed by atoms with Gasteiger partial charge < -0.3 is 21.6 Å². The summed E-state index contributed by atoms with van der Waals surface area (Å²) >= 11 is 0. The fourth-order valence-corrected chi connectivity index (χ4v) is 0.744. The molecule has 1 unspecified atom stereocenters. The van der Waals surface area contributed by atoms with Gasteiger partial charge in [-0.3, -0.25) is 9.59 Å². The number of hydrogen-bond acceptors (Lipinski definition) is 6. The molecule has 0 spiro atoms. The molecule has 0 aromatic heterocycles. The first kappa shape index (κ1) is 16.7. The normalized spacial score (nSPS) is 13.2. The summed E-state index contributed by atoms with van der Waals surface area (Å²) in [6, 6.07) is 0. The Morgan fingerprint density at radius 1 is 1.27 bits per heavy atom. The second kappa shape index (κ2) is 6.75. The van der Waals surface area contributed by atoms with Crippen LogP contribution in [0, 0.1) is 0 Å². The molecule has 0 radical (unpaired) electrons. The Hall–Kier alpha value is -0.670. The van der Waals surface area contributed by atoms with Gasteiger partial charge in [-0.25, -0.2) is 4.79 Å². The molecule has 0 saturated heterocycles. The van der Waals surface area contributed by atoms with Gasteiger partial charge in [0.25, 0.3) is 0 Å². The van der Waals surface area contributed by atoms with Crippen molar-refractivity contribution in [2.45, 2.75) is 18.4 Å². The van der Waals surface area contributed by atoms with E-state index in [1.54, 1.807) is 0 Å². The van der Waals surface area contributed by atoms with Crippen LogP contribution in [0.5, 0.6) is 0 Å². The molecule has 0 aliphatic rings. The fraction of sp³-hybridized carbons (Fsp3) is 0.500. The Balaban J connectivity index is -0.000000845. The second-order valence-corrected chi connectivity index (χ2v) is 2.57. The number of hydrogen-bond donors (Lipinski definition) is 4. The SMILES string of the molecule is NOC(=O)CC(O)(CC(=O)O)C(=O)O.[H-].[Na+]. The molecule has 9 heteroatoms. The Morgan fingerprint density at radius 2 is 1.73 bits per heavy atom. The molecule has 0 aliphatic carbocycles. The summed E-state index contributed by atoms with van der Waals surface area (Å²) in [5, 5.41) is 26.0. The molecule has 0 aromatic carbocycles. The van der Waals surface area contributed by atoms with Gasteiger partial charge in [0.15, 0.2) is 5.60 Å². The van der Waals surface area contributed by atoms with Crippen LogP contribution in [0.1, 0.15) is 14.3 Å². The maximum atomic E-state index is 10.5. The average molecular weight is 231 g/mol. The average Bonchev–Trinajstić information content (AvgIpc) is 2.02. The van der Waals surface area contributed by atoms with Gasteiger partial charge in [0.1, 0.15) is 0 Å². The van der Waals surface area contributed by atoms with Crippen molar-refractivity contribution in [3.8, 4) is 0 Å². The van der Waals surface area contributed by atoms with Crippen molar-refractivity contribution >= 4 is 17.9 Å². The van der Waals surface area contributed by atoms with Gasteiger partial charge in [-0.05, 0) is 0 Å². The van der Waals surface area contributed by atoms with Gasteiger partial charge in [-0.1, -0.05) is 0 Å². The molecule has 0 rings (SSSR count). The van der Waals surface area contributed by atoms with E-state index in [-0.39, 0.29) is 31.0 Å². The first-order valence-electron chi connectivity index (χ1n) is 3.39. The zero-order chi connectivity index (χ0) is 11.4. The van der Waals surface area contributed by atoms with E-state index >= 15 is 0 Å². The van der Waals surface area contributed by atoms with E-state index in [2.05, 4.69) is 10.7 Å². The van der Waals surface area contributed by atoms with Gasteiger partial charge in [0, 0.05) is 0 Å². The molecular weight excluding hydrogens is 221 g/mol. The van der Waals surface area contributed by atoms with Crippen LogP contribution < -0.4 is 35.5 Å². The Morgan fingerprint density at radius 3 is 2.00 bits per heavy atom. The summed E-state index contributed by atoms with van der Waals surface area (Å²) in [4.78, 5) is 34.8. The third-order valence-electron chi connectivity index (χ3n) is 1.41. The molecular formula is C6H10NNaO7. The number of rotatable bonds is 5. The zero-order valence-electron chi connectivity index (χ0n) is 8.97. The molecule has 0 fully saturated rings. The minimum atomic E-state index is -2.69. The van der Waals surface area contributed by atoms with E-state index in [0.29, 0.717) is 0 Å². The van der Waals surface area contributed by atoms with Crippen molar-refractivity contribution in [2.75, 3.05) is 0 Å². The third kappa shape index (κ3) is 5.70. The predicted molar refractivity (Wildman–Crippen MR) is 40.8 cm³/mol. The first-order chi connectivity index (χ1) is 6.31. The van der Waals surface area contributed by atoms with Gasteiger partial charge in [-0.2, -0.15) is 5.90 Å². The first-order valence-corrected chi connectivity index (χ1v) is 3.39. The molecule has 0 saturated carbocycles. The number of carboxylic acids is 2. The Bertz CT molecular complexity index is 274. The van der Waals surface area contributed by atoms with E-state index in [9.17, 15) is 19.5 Å². The number of carbonyl (C=O) groups excluding carboxylic acids is 1. The molecule has 15 heavy (non-hydrogen) atoms. The molecule has 0 aromatic rings. The summed E-state index contributed by atoms with van der Waals surface area (Å²) in [7, 11) is 0. The number of nitrogens with two attached hydrogens (primary N) is 1. The minimum absolute atomic E-state index is 0. The van der Waals surface area contributed by atoms with Crippen LogP contribution in [-0.4, -0.2) is 38.8 Å².